The van der Waals surface area contributed by atoms with Gasteiger partial charge in [-0.05, 0) is 49.2 Å². The number of aliphatic hydroxyl groups excluding tert-OH is 1. The number of carbonyl (C=O) groups is 2. The molecule has 9 heteroatoms. The van der Waals surface area contributed by atoms with Crippen molar-refractivity contribution in [3.8, 4) is 5.75 Å². The average Bonchev–Trinajstić information content (AvgIpc) is 3.43. The highest BCUT2D eigenvalue weighted by molar-refractivity contribution is 6.46. The van der Waals surface area contributed by atoms with Crippen LogP contribution < -0.4 is 4.74 Å². The Labute approximate surface area is 207 Å². The Balaban J connectivity index is 1.73. The number of ketones is 1. The number of Topliss-reactive ketones (excluding diaryl/α,β-unsaturated/α-hetero) is 1. The molecule has 176 valence electrons. The molecule has 1 aliphatic rings. The van der Waals surface area contributed by atoms with E-state index in [1.165, 1.54) is 11.0 Å². The minimum absolute atomic E-state index is 0.00943. The molecule has 4 rings (SSSR count). The van der Waals surface area contributed by atoms with Crippen molar-refractivity contribution in [3.63, 3.8) is 0 Å². The first kappa shape index (κ1) is 23.9. The summed E-state index contributed by atoms with van der Waals surface area (Å²) < 4.78 is 7.35. The van der Waals surface area contributed by atoms with Crippen molar-refractivity contribution in [1.82, 2.24) is 14.5 Å². The molecule has 2 aromatic carbocycles. The third-order valence-electron chi connectivity index (χ3n) is 5.61. The van der Waals surface area contributed by atoms with E-state index in [1.54, 1.807) is 48.9 Å². The molecule has 0 unspecified atom stereocenters. The molecular formula is C25H23Cl2N3O4. The van der Waals surface area contributed by atoms with Gasteiger partial charge in [0.05, 0.1) is 29.6 Å². The largest absolute Gasteiger partial charge is 0.507 e. The molecular weight excluding hydrogens is 477 g/mol. The number of aryl methyl sites for hydroxylation is 1. The number of aromatic nitrogens is 2. The number of ether oxygens (including phenoxy) is 1. The number of hydrogen-bond acceptors (Lipinski definition) is 5. The summed E-state index contributed by atoms with van der Waals surface area (Å²) in [6.07, 6.45) is 5.81. The smallest absolute Gasteiger partial charge is 0.295 e. The van der Waals surface area contributed by atoms with Gasteiger partial charge in [-0.25, -0.2) is 4.98 Å². The van der Waals surface area contributed by atoms with E-state index in [4.69, 9.17) is 27.9 Å². The number of aliphatic hydroxyl groups is 1. The van der Waals surface area contributed by atoms with E-state index in [0.717, 1.165) is 0 Å². The third-order valence-corrected chi connectivity index (χ3v) is 6.15. The van der Waals surface area contributed by atoms with Crippen LogP contribution in [0.15, 0.2) is 66.8 Å². The molecule has 0 bridgehead atoms. The lowest BCUT2D eigenvalue weighted by molar-refractivity contribution is -0.139. The summed E-state index contributed by atoms with van der Waals surface area (Å²) >= 11 is 12.4. The Morgan fingerprint density at radius 1 is 1.12 bits per heavy atom. The van der Waals surface area contributed by atoms with Crippen LogP contribution >= 0.6 is 23.2 Å². The molecule has 1 fully saturated rings. The number of nitrogens with zero attached hydrogens (tertiary/aromatic N) is 3. The van der Waals surface area contributed by atoms with Crippen LogP contribution in [-0.4, -0.2) is 44.4 Å². The van der Waals surface area contributed by atoms with E-state index < -0.39 is 17.7 Å². The van der Waals surface area contributed by atoms with Gasteiger partial charge in [0.25, 0.3) is 11.7 Å². The van der Waals surface area contributed by atoms with E-state index in [9.17, 15) is 14.7 Å². The van der Waals surface area contributed by atoms with Crippen molar-refractivity contribution < 1.29 is 19.4 Å². The monoisotopic (exact) mass is 499 g/mol. The highest BCUT2D eigenvalue weighted by Crippen LogP contribution is 2.40. The first-order valence-corrected chi connectivity index (χ1v) is 11.6. The van der Waals surface area contributed by atoms with Crippen LogP contribution in [0, 0.1) is 0 Å². The minimum atomic E-state index is -0.759. The molecule has 2 heterocycles. The zero-order chi connectivity index (χ0) is 24.2. The first-order valence-electron chi connectivity index (χ1n) is 10.8. The van der Waals surface area contributed by atoms with Gasteiger partial charge in [0.1, 0.15) is 11.5 Å². The van der Waals surface area contributed by atoms with E-state index in [1.807, 2.05) is 17.7 Å². The Bertz CT molecular complexity index is 1220. The van der Waals surface area contributed by atoms with Gasteiger partial charge < -0.3 is 19.3 Å². The molecule has 34 heavy (non-hydrogen) atoms. The summed E-state index contributed by atoms with van der Waals surface area (Å²) in [5.41, 5.74) is 1.00. The number of amides is 1. The van der Waals surface area contributed by atoms with Gasteiger partial charge in [-0.3, -0.25) is 9.59 Å². The zero-order valence-corrected chi connectivity index (χ0v) is 20.0. The van der Waals surface area contributed by atoms with Crippen LogP contribution in [0.2, 0.25) is 10.0 Å². The fourth-order valence-electron chi connectivity index (χ4n) is 4.02. The summed E-state index contributed by atoms with van der Waals surface area (Å²) in [7, 11) is 0. The Hall–Kier alpha value is -3.29. The number of rotatable bonds is 8. The third kappa shape index (κ3) is 4.81. The maximum atomic E-state index is 13.1. The summed E-state index contributed by atoms with van der Waals surface area (Å²) in [5.74, 6) is -1.23. The molecule has 7 nitrogen and oxygen atoms in total. The number of benzene rings is 2. The van der Waals surface area contributed by atoms with E-state index in [-0.39, 0.29) is 11.3 Å². The van der Waals surface area contributed by atoms with Crippen molar-refractivity contribution >= 4 is 40.7 Å². The van der Waals surface area contributed by atoms with Gasteiger partial charge >= 0.3 is 0 Å². The minimum Gasteiger partial charge on any atom is -0.507 e. The van der Waals surface area contributed by atoms with Crippen LogP contribution in [0.5, 0.6) is 5.75 Å². The lowest BCUT2D eigenvalue weighted by Gasteiger charge is -2.25. The number of hydrogen-bond donors (Lipinski definition) is 1. The topological polar surface area (TPSA) is 84.7 Å². The summed E-state index contributed by atoms with van der Waals surface area (Å²) in [6.45, 7) is 3.22. The molecule has 1 N–H and O–H groups in total. The van der Waals surface area contributed by atoms with E-state index >= 15 is 0 Å². The fourth-order valence-corrected chi connectivity index (χ4v) is 4.38. The summed E-state index contributed by atoms with van der Waals surface area (Å²) in [5, 5.41) is 12.0. The van der Waals surface area contributed by atoms with Gasteiger partial charge in [0.2, 0.25) is 0 Å². The SMILES string of the molecule is CCOc1ccc(C(O)=C2C(=O)C(=O)N(CCCn3ccnc3)[C@@H]2c2ccc(Cl)cc2)cc1Cl. The van der Waals surface area contributed by atoms with Crippen molar-refractivity contribution in [1.29, 1.82) is 0 Å². The van der Waals surface area contributed by atoms with E-state index in [0.29, 0.717) is 53.0 Å². The van der Waals surface area contributed by atoms with Crippen LogP contribution in [-0.2, 0) is 16.1 Å². The highest BCUT2D eigenvalue weighted by atomic mass is 35.5. The van der Waals surface area contributed by atoms with Crippen molar-refractivity contribution in [2.75, 3.05) is 13.2 Å². The van der Waals surface area contributed by atoms with Crippen molar-refractivity contribution in [2.45, 2.75) is 25.9 Å². The second-order valence-electron chi connectivity index (χ2n) is 7.78. The summed E-state index contributed by atoms with van der Waals surface area (Å²) in [4.78, 5) is 31.7. The predicted molar refractivity (Wildman–Crippen MR) is 130 cm³/mol. The molecule has 1 saturated heterocycles. The first-order chi connectivity index (χ1) is 16.4. The Morgan fingerprint density at radius 3 is 2.53 bits per heavy atom. The molecule has 1 atom stereocenters. The molecule has 0 radical (unpaired) electrons. The maximum absolute atomic E-state index is 13.1. The van der Waals surface area contributed by atoms with Crippen LogP contribution in [0.1, 0.15) is 30.5 Å². The second kappa shape index (κ2) is 10.3. The van der Waals surface area contributed by atoms with Crippen LogP contribution in [0.4, 0.5) is 0 Å². The molecule has 3 aromatic rings. The van der Waals surface area contributed by atoms with Gasteiger partial charge in [0.15, 0.2) is 0 Å². The molecule has 0 spiro atoms. The number of halogens is 2. The maximum Gasteiger partial charge on any atom is 0.295 e. The molecule has 1 aliphatic heterocycles. The standard InChI is InChI=1S/C25H23Cl2N3O4/c1-2-34-20-9-6-17(14-19(20)27)23(31)21-22(16-4-7-18(26)8-5-16)30(25(33)24(21)32)12-3-11-29-13-10-28-15-29/h4-10,13-15,22,31H,2-3,11-12H2,1H3/t22-/m1/s1. The lowest BCUT2D eigenvalue weighted by atomic mass is 9.95. The van der Waals surface area contributed by atoms with Crippen molar-refractivity contribution in [3.05, 3.63) is 87.9 Å². The zero-order valence-electron chi connectivity index (χ0n) is 18.4. The summed E-state index contributed by atoms with van der Waals surface area (Å²) in [6, 6.07) is 10.9. The number of likely N-dealkylation sites (tertiary alicyclic amines) is 1. The fraction of sp³-hybridized carbons (Fsp3) is 0.240. The molecule has 1 aromatic heterocycles. The quantitative estimate of drug-likeness (QED) is 0.264. The normalized spacial score (nSPS) is 17.4. The van der Waals surface area contributed by atoms with Crippen LogP contribution in [0.25, 0.3) is 5.76 Å². The van der Waals surface area contributed by atoms with Gasteiger partial charge in [0, 0.05) is 36.1 Å². The Morgan fingerprint density at radius 2 is 1.88 bits per heavy atom. The highest BCUT2D eigenvalue weighted by Gasteiger charge is 2.45. The second-order valence-corrected chi connectivity index (χ2v) is 8.62. The average molecular weight is 500 g/mol. The molecule has 1 amide bonds. The van der Waals surface area contributed by atoms with Gasteiger partial charge in [-0.2, -0.15) is 0 Å². The Kier molecular flexibility index (Phi) is 7.24. The molecule has 0 saturated carbocycles. The van der Waals surface area contributed by atoms with Gasteiger partial charge in [-0.1, -0.05) is 35.3 Å². The predicted octanol–water partition coefficient (Wildman–Crippen LogP) is 5.10. The number of carbonyl (C=O) groups excluding carboxylic acids is 2. The van der Waals surface area contributed by atoms with Crippen molar-refractivity contribution in [2.24, 2.45) is 0 Å². The van der Waals surface area contributed by atoms with Crippen LogP contribution in [0.3, 0.4) is 0 Å². The number of imidazole rings is 1. The van der Waals surface area contributed by atoms with E-state index in [2.05, 4.69) is 4.98 Å². The lowest BCUT2D eigenvalue weighted by Crippen LogP contribution is -2.31. The molecule has 0 aliphatic carbocycles. The van der Waals surface area contributed by atoms with Gasteiger partial charge in [-0.15, -0.1) is 0 Å².